The maximum Gasteiger partial charge on any atom is 0.217 e. The predicted octanol–water partition coefficient (Wildman–Crippen LogP) is 5.37. The Kier molecular flexibility index (Phi) is 5.53. The average molecular weight is 455 g/mol. The highest BCUT2D eigenvalue weighted by atomic mass is 16.5. The molecule has 3 saturated carbocycles. The lowest BCUT2D eigenvalue weighted by Gasteiger charge is -2.54. The van der Waals surface area contributed by atoms with Crippen LogP contribution in [-0.2, 0) is 9.53 Å². The van der Waals surface area contributed by atoms with E-state index in [1.807, 2.05) is 5.57 Å². The molecule has 33 heavy (non-hydrogen) atoms. The first kappa shape index (κ1) is 22.6. The Hall–Kier alpha value is -0.870. The van der Waals surface area contributed by atoms with Gasteiger partial charge in [0.1, 0.15) is 0 Å². The molecular formula is C29H46N2O2. The highest BCUT2D eigenvalue weighted by Crippen LogP contribution is 2.65. The molecule has 2 aliphatic heterocycles. The van der Waals surface area contributed by atoms with Gasteiger partial charge in [-0.3, -0.25) is 4.79 Å². The van der Waals surface area contributed by atoms with Gasteiger partial charge in [0.2, 0.25) is 5.91 Å². The molecule has 6 aliphatic rings. The third kappa shape index (κ3) is 3.73. The van der Waals surface area contributed by atoms with Gasteiger partial charge in [0.05, 0.1) is 11.7 Å². The van der Waals surface area contributed by atoms with Gasteiger partial charge in [-0.1, -0.05) is 25.0 Å². The van der Waals surface area contributed by atoms with Gasteiger partial charge in [-0.15, -0.1) is 0 Å². The Bertz CT molecular complexity index is 837. The van der Waals surface area contributed by atoms with Crippen molar-refractivity contribution in [2.24, 2.45) is 35.0 Å². The summed E-state index contributed by atoms with van der Waals surface area (Å²) in [6.07, 6.45) is 14.5. The third-order valence-corrected chi connectivity index (χ3v) is 11.4. The van der Waals surface area contributed by atoms with Gasteiger partial charge in [0.25, 0.3) is 0 Å². The van der Waals surface area contributed by atoms with Gasteiger partial charge in [0.15, 0.2) is 0 Å². The van der Waals surface area contributed by atoms with Crippen LogP contribution < -0.4 is 10.6 Å². The van der Waals surface area contributed by atoms with Crippen LogP contribution in [0.4, 0.5) is 0 Å². The molecule has 4 nitrogen and oxygen atoms in total. The van der Waals surface area contributed by atoms with E-state index < -0.39 is 0 Å². The van der Waals surface area contributed by atoms with Crippen molar-refractivity contribution in [3.05, 3.63) is 11.1 Å². The zero-order valence-corrected chi connectivity index (χ0v) is 21.4. The zero-order valence-electron chi connectivity index (χ0n) is 21.4. The number of carbonyl (C=O) groups is 1. The van der Waals surface area contributed by atoms with Crippen LogP contribution in [0.1, 0.15) is 98.3 Å². The van der Waals surface area contributed by atoms with Crippen molar-refractivity contribution in [2.75, 3.05) is 6.54 Å². The Morgan fingerprint density at radius 2 is 2.00 bits per heavy atom. The summed E-state index contributed by atoms with van der Waals surface area (Å²) in [6.45, 7) is 10.3. The highest BCUT2D eigenvalue weighted by molar-refractivity contribution is 5.73. The standard InChI is InChI=1S/C29H46N2O2/c1-17-11-27-26(30-16-17)15-29(33-27)10-8-22-23-6-5-20-12-21(31-19(3)32)7-9-28(20,4)25(23)13-24(22)18(2)14-29/h17,20-23,25-27,30H,5-16H2,1-4H3,(H,31,32)/t17-,20+,21-,22-,23-,25-,26-,27+,28-,29-/m0/s1. The number of hydrogen-bond donors (Lipinski definition) is 2. The largest absolute Gasteiger partial charge is 0.370 e. The van der Waals surface area contributed by atoms with E-state index in [-0.39, 0.29) is 11.5 Å². The molecule has 10 atom stereocenters. The first-order valence-corrected chi connectivity index (χ1v) is 14.1. The molecule has 0 aromatic carbocycles. The summed E-state index contributed by atoms with van der Waals surface area (Å²) in [7, 11) is 0. The van der Waals surface area contributed by atoms with Crippen LogP contribution in [0.5, 0.6) is 0 Å². The molecule has 4 aliphatic carbocycles. The minimum Gasteiger partial charge on any atom is -0.370 e. The van der Waals surface area contributed by atoms with Crippen molar-refractivity contribution in [1.82, 2.24) is 10.6 Å². The number of piperidine rings is 1. The molecular weight excluding hydrogens is 408 g/mol. The van der Waals surface area contributed by atoms with E-state index in [9.17, 15) is 4.79 Å². The maximum atomic E-state index is 11.6. The molecule has 2 saturated heterocycles. The van der Waals surface area contributed by atoms with Crippen molar-refractivity contribution in [3.63, 3.8) is 0 Å². The van der Waals surface area contributed by atoms with Crippen LogP contribution >= 0.6 is 0 Å². The number of ether oxygens (including phenoxy) is 1. The second-order valence-electron chi connectivity index (χ2n) is 13.5. The number of fused-ring (bicyclic) bond motifs is 6. The number of rotatable bonds is 1. The molecule has 2 N–H and O–H groups in total. The summed E-state index contributed by atoms with van der Waals surface area (Å²) in [5.74, 6) is 4.21. The quantitative estimate of drug-likeness (QED) is 0.524. The van der Waals surface area contributed by atoms with Crippen LogP contribution in [0.15, 0.2) is 11.1 Å². The van der Waals surface area contributed by atoms with Gasteiger partial charge >= 0.3 is 0 Å². The van der Waals surface area contributed by atoms with E-state index in [1.54, 1.807) is 12.5 Å². The van der Waals surface area contributed by atoms with E-state index in [4.69, 9.17) is 4.74 Å². The average Bonchev–Trinajstić information content (AvgIpc) is 3.27. The van der Waals surface area contributed by atoms with Gasteiger partial charge < -0.3 is 15.4 Å². The number of hydrogen-bond acceptors (Lipinski definition) is 3. The first-order valence-electron chi connectivity index (χ1n) is 14.1. The van der Waals surface area contributed by atoms with Crippen LogP contribution in [0.25, 0.3) is 0 Å². The normalized spacial score (nSPS) is 51.4. The Morgan fingerprint density at radius 3 is 2.82 bits per heavy atom. The maximum absolute atomic E-state index is 11.6. The van der Waals surface area contributed by atoms with Gasteiger partial charge in [-0.2, -0.15) is 0 Å². The lowest BCUT2D eigenvalue weighted by molar-refractivity contribution is -0.121. The minimum absolute atomic E-state index is 0.0981. The second-order valence-corrected chi connectivity index (χ2v) is 13.5. The fourth-order valence-electron chi connectivity index (χ4n) is 9.86. The molecule has 1 amide bonds. The van der Waals surface area contributed by atoms with E-state index in [1.165, 1.54) is 70.6 Å². The number of amides is 1. The lowest BCUT2D eigenvalue weighted by Crippen LogP contribution is -2.50. The second kappa shape index (κ2) is 8.08. The molecule has 1 spiro atoms. The fraction of sp³-hybridized carbons (Fsp3) is 0.897. The van der Waals surface area contributed by atoms with Crippen molar-refractivity contribution >= 4 is 5.91 Å². The molecule has 0 aromatic heterocycles. The summed E-state index contributed by atoms with van der Waals surface area (Å²) in [6, 6.07) is 0.988. The topological polar surface area (TPSA) is 50.4 Å². The van der Waals surface area contributed by atoms with Crippen molar-refractivity contribution in [3.8, 4) is 0 Å². The Labute approximate surface area is 201 Å². The van der Waals surface area contributed by atoms with E-state index >= 15 is 0 Å². The van der Waals surface area contributed by atoms with Crippen molar-refractivity contribution < 1.29 is 9.53 Å². The van der Waals surface area contributed by atoms with Crippen LogP contribution in [0.2, 0.25) is 0 Å². The van der Waals surface area contributed by atoms with Crippen LogP contribution in [-0.4, -0.2) is 36.2 Å². The first-order chi connectivity index (χ1) is 15.8. The number of carbonyl (C=O) groups excluding carboxylic acids is 1. The SMILES string of the molecule is CC(=O)N[C@H]1CC[C@@]2(C)[C@H](CC[C@H]3[C@@H]4CC[C@]5(CC(C)=C4C[C@@H]32)C[C@@H]2NC[C@@H](C)C[C@H]2O5)C1. The van der Waals surface area contributed by atoms with Gasteiger partial charge in [-0.05, 0) is 119 Å². The number of nitrogens with one attached hydrogen (secondary N) is 2. The van der Waals surface area contributed by atoms with Crippen LogP contribution in [0, 0.1) is 35.0 Å². The molecule has 6 rings (SSSR count). The van der Waals surface area contributed by atoms with Crippen LogP contribution in [0.3, 0.4) is 0 Å². The van der Waals surface area contributed by atoms with E-state index in [2.05, 4.69) is 31.4 Å². The van der Waals surface area contributed by atoms with Crippen molar-refractivity contribution in [2.45, 2.75) is 122 Å². The Balaban J connectivity index is 1.20. The molecule has 0 radical (unpaired) electrons. The molecule has 184 valence electrons. The highest BCUT2D eigenvalue weighted by Gasteiger charge is 2.57. The summed E-state index contributed by atoms with van der Waals surface area (Å²) in [5, 5.41) is 7.06. The van der Waals surface area contributed by atoms with Crippen molar-refractivity contribution in [1.29, 1.82) is 0 Å². The lowest BCUT2D eigenvalue weighted by atomic mass is 9.52. The molecule has 0 unspecified atom stereocenters. The van der Waals surface area contributed by atoms with Gasteiger partial charge in [-0.25, -0.2) is 0 Å². The minimum atomic E-state index is 0.0981. The Morgan fingerprint density at radius 1 is 1.15 bits per heavy atom. The molecule has 4 heteroatoms. The third-order valence-electron chi connectivity index (χ3n) is 11.4. The zero-order chi connectivity index (χ0) is 23.0. The predicted molar refractivity (Wildman–Crippen MR) is 132 cm³/mol. The molecule has 0 bridgehead atoms. The number of allylic oxidation sites excluding steroid dienone is 1. The smallest absolute Gasteiger partial charge is 0.217 e. The molecule has 0 aromatic rings. The van der Waals surface area contributed by atoms with E-state index in [0.717, 1.165) is 36.1 Å². The summed E-state index contributed by atoms with van der Waals surface area (Å²) < 4.78 is 6.93. The monoisotopic (exact) mass is 454 g/mol. The summed E-state index contributed by atoms with van der Waals surface area (Å²) >= 11 is 0. The summed E-state index contributed by atoms with van der Waals surface area (Å²) in [4.78, 5) is 11.6. The fourth-order valence-corrected chi connectivity index (χ4v) is 9.86. The molecule has 5 fully saturated rings. The van der Waals surface area contributed by atoms with E-state index in [0.29, 0.717) is 23.6 Å². The van der Waals surface area contributed by atoms with Gasteiger partial charge in [0, 0.05) is 19.0 Å². The summed E-state index contributed by atoms with van der Waals surface area (Å²) in [5.41, 5.74) is 4.09. The molecule has 2 heterocycles.